The Bertz CT molecular complexity index is 1610. The van der Waals surface area contributed by atoms with E-state index in [4.69, 9.17) is 9.47 Å². The van der Waals surface area contributed by atoms with Crippen molar-refractivity contribution in [1.82, 2.24) is 14.9 Å². The molecule has 0 saturated carbocycles. The van der Waals surface area contributed by atoms with E-state index in [-0.39, 0.29) is 47.3 Å². The highest BCUT2D eigenvalue weighted by Gasteiger charge is 2.42. The first-order valence-electron chi connectivity index (χ1n) is 16.9. The van der Waals surface area contributed by atoms with Gasteiger partial charge in [0.15, 0.2) is 11.6 Å². The van der Waals surface area contributed by atoms with E-state index >= 15 is 4.39 Å². The minimum absolute atomic E-state index is 0.0219. The van der Waals surface area contributed by atoms with Crippen molar-refractivity contribution < 1.29 is 40.7 Å². The average molecular weight is 709 g/mol. The molecule has 0 spiro atoms. The van der Waals surface area contributed by atoms with Crippen LogP contribution in [0.2, 0.25) is 0 Å². The molecule has 14 heteroatoms. The van der Waals surface area contributed by atoms with Crippen LogP contribution in [0, 0.1) is 29.3 Å². The van der Waals surface area contributed by atoms with Crippen LogP contribution < -0.4 is 16.0 Å². The molecule has 5 rings (SSSR count). The summed E-state index contributed by atoms with van der Waals surface area (Å²) in [5, 5.41) is 8.84. The Balaban J connectivity index is 1.40. The number of piperazine rings is 1. The lowest BCUT2D eigenvalue weighted by Crippen LogP contribution is -2.58. The third-order valence-electron chi connectivity index (χ3n) is 10.3. The number of rotatable bonds is 10. The van der Waals surface area contributed by atoms with E-state index in [1.165, 1.54) is 25.3 Å². The summed E-state index contributed by atoms with van der Waals surface area (Å²) in [5.74, 6) is -3.91. The fourth-order valence-electron chi connectivity index (χ4n) is 7.61. The molecule has 2 bridgehead atoms. The molecular weight excluding hydrogens is 661 g/mol. The van der Waals surface area contributed by atoms with Crippen molar-refractivity contribution >= 4 is 27.7 Å². The summed E-state index contributed by atoms with van der Waals surface area (Å²) >= 11 is 0. The van der Waals surface area contributed by atoms with Gasteiger partial charge in [-0.3, -0.25) is 4.79 Å². The molecule has 10 nitrogen and oxygen atoms in total. The zero-order valence-electron chi connectivity index (χ0n) is 28.4. The molecule has 3 fully saturated rings. The number of ether oxygens (including phenoxy) is 2. The number of halogens is 3. The second-order valence-electron chi connectivity index (χ2n) is 14.1. The first-order valence-corrected chi connectivity index (χ1v) is 18.5. The molecule has 7 atom stereocenters. The summed E-state index contributed by atoms with van der Waals surface area (Å²) in [6, 6.07) is 6.39. The molecule has 0 aliphatic carbocycles. The fourth-order valence-corrected chi connectivity index (χ4v) is 9.53. The van der Waals surface area contributed by atoms with Gasteiger partial charge < -0.3 is 25.4 Å². The quantitative estimate of drug-likeness (QED) is 0.314. The molecule has 3 saturated heterocycles. The van der Waals surface area contributed by atoms with E-state index in [9.17, 15) is 26.8 Å². The van der Waals surface area contributed by atoms with Gasteiger partial charge in [0.25, 0.3) is 0 Å². The number of methoxy groups -OCH3 is 1. The second-order valence-corrected chi connectivity index (χ2v) is 16.2. The van der Waals surface area contributed by atoms with Crippen LogP contribution in [0.25, 0.3) is 0 Å². The zero-order chi connectivity index (χ0) is 35.5. The molecule has 2 aromatic rings. The van der Waals surface area contributed by atoms with Gasteiger partial charge in [-0.05, 0) is 94.0 Å². The fraction of sp³-hybridized carbons (Fsp3) is 0.600. The van der Waals surface area contributed by atoms with Gasteiger partial charge in [0.2, 0.25) is 15.9 Å². The minimum Gasteiger partial charge on any atom is -0.453 e. The largest absolute Gasteiger partial charge is 0.453 e. The highest BCUT2D eigenvalue weighted by molar-refractivity contribution is 7.89. The normalized spacial score (nSPS) is 27.3. The van der Waals surface area contributed by atoms with Crippen LogP contribution in [0.3, 0.4) is 0 Å². The molecule has 2 aromatic carbocycles. The maximum Gasteiger partial charge on any atom is 0.407 e. The van der Waals surface area contributed by atoms with E-state index in [1.54, 1.807) is 16.4 Å². The van der Waals surface area contributed by atoms with Gasteiger partial charge >= 0.3 is 6.09 Å². The van der Waals surface area contributed by atoms with Crippen LogP contribution in [0.5, 0.6) is 0 Å². The number of hydrogen-bond donors (Lipinski definition) is 3. The first kappa shape index (κ1) is 37.1. The number of anilines is 1. The van der Waals surface area contributed by atoms with Crippen LogP contribution in [0.15, 0.2) is 36.4 Å². The summed E-state index contributed by atoms with van der Waals surface area (Å²) in [6.45, 7) is 7.14. The Labute approximate surface area is 286 Å². The van der Waals surface area contributed by atoms with Crippen molar-refractivity contribution in [2.45, 2.75) is 88.9 Å². The van der Waals surface area contributed by atoms with Gasteiger partial charge in [-0.1, -0.05) is 19.1 Å². The van der Waals surface area contributed by atoms with Crippen molar-refractivity contribution in [1.29, 1.82) is 0 Å². The first-order chi connectivity index (χ1) is 23.2. The molecular formula is C35H47F3N4O6S. The van der Waals surface area contributed by atoms with E-state index in [0.29, 0.717) is 57.4 Å². The number of nitrogens with zero attached hydrogens (tertiary/aromatic N) is 1. The summed E-state index contributed by atoms with van der Waals surface area (Å²) in [4.78, 5) is 26.8. The van der Waals surface area contributed by atoms with Crippen LogP contribution in [0.1, 0.15) is 69.9 Å². The van der Waals surface area contributed by atoms with E-state index in [0.717, 1.165) is 6.07 Å². The van der Waals surface area contributed by atoms with Crippen molar-refractivity contribution in [3.8, 4) is 0 Å². The summed E-state index contributed by atoms with van der Waals surface area (Å²) in [5.41, 5.74) is 0.0428. The molecule has 3 aliphatic heterocycles. The van der Waals surface area contributed by atoms with Crippen LogP contribution >= 0.6 is 0 Å². The predicted molar refractivity (Wildman–Crippen MR) is 179 cm³/mol. The maximum absolute atomic E-state index is 15.4. The van der Waals surface area contributed by atoms with Gasteiger partial charge in [-0.2, -0.15) is 4.31 Å². The number of amides is 2. The molecule has 270 valence electrons. The monoisotopic (exact) mass is 708 g/mol. The average Bonchev–Trinajstić information content (AvgIpc) is 3.14. The third-order valence-corrected chi connectivity index (χ3v) is 12.2. The van der Waals surface area contributed by atoms with E-state index in [2.05, 4.69) is 16.0 Å². The standard InChI is InChI=1S/C35H47F3N4O6S/c1-21-15-17-49(45,46)42-20-29(21)39-19-25(42)6-5-7-26-28(13-12-27(37)31(26)38)40-33(43)32(41-34(44)47-4)30(22-8-10-24(36)11-9-22)23-14-16-48-35(2,3)18-23/h8-13,21,23,25,29-30,32,39H,5-7,14-20H2,1-4H3,(H,40,43)(H,41,44). The number of hydrogen-bond acceptors (Lipinski definition) is 7. The van der Waals surface area contributed by atoms with Crippen LogP contribution in [-0.2, 0) is 30.7 Å². The summed E-state index contributed by atoms with van der Waals surface area (Å²) < 4.78 is 82.4. The predicted octanol–water partition coefficient (Wildman–Crippen LogP) is 5.09. The minimum atomic E-state index is -3.45. The molecule has 3 aliphatic rings. The molecule has 3 heterocycles. The molecule has 49 heavy (non-hydrogen) atoms. The number of carbonyl (C=O) groups excluding carboxylic acids is 2. The van der Waals surface area contributed by atoms with Gasteiger partial charge in [-0.25, -0.2) is 26.4 Å². The SMILES string of the molecule is COC(=O)NC(C(=O)Nc1ccc(F)c(F)c1CCCC1CNC2CN1S(=O)(=O)CCC2C)C(c1ccc(F)cc1)C1CCOC(C)(C)C1. The van der Waals surface area contributed by atoms with E-state index < -0.39 is 57.0 Å². The van der Waals surface area contributed by atoms with Gasteiger partial charge in [0.1, 0.15) is 11.9 Å². The molecule has 0 aromatic heterocycles. The van der Waals surface area contributed by atoms with Crippen molar-refractivity contribution in [3.05, 3.63) is 65.0 Å². The number of fused-ring (bicyclic) bond motifs is 2. The van der Waals surface area contributed by atoms with E-state index in [1.807, 2.05) is 20.8 Å². The molecule has 2 amide bonds. The zero-order valence-corrected chi connectivity index (χ0v) is 29.3. The van der Waals surface area contributed by atoms with Gasteiger partial charge in [0.05, 0.1) is 18.5 Å². The Morgan fingerprint density at radius 3 is 2.55 bits per heavy atom. The van der Waals surface area contributed by atoms with Crippen LogP contribution in [0.4, 0.5) is 23.7 Å². The maximum atomic E-state index is 15.4. The lowest BCUT2D eigenvalue weighted by Gasteiger charge is -2.41. The smallest absolute Gasteiger partial charge is 0.407 e. The number of sulfonamides is 1. The van der Waals surface area contributed by atoms with Crippen molar-refractivity contribution in [2.75, 3.05) is 37.9 Å². The van der Waals surface area contributed by atoms with Crippen molar-refractivity contribution in [2.24, 2.45) is 11.8 Å². The molecule has 7 unspecified atom stereocenters. The third kappa shape index (κ3) is 8.76. The molecule has 0 radical (unpaired) electrons. The molecule has 3 N–H and O–H groups in total. The van der Waals surface area contributed by atoms with Crippen LogP contribution in [-0.4, -0.2) is 81.0 Å². The lowest BCUT2D eigenvalue weighted by molar-refractivity contribution is -0.120. The Morgan fingerprint density at radius 1 is 1.12 bits per heavy atom. The van der Waals surface area contributed by atoms with Gasteiger partial charge in [0, 0.05) is 48.9 Å². The highest BCUT2D eigenvalue weighted by Crippen LogP contribution is 2.41. The van der Waals surface area contributed by atoms with Gasteiger partial charge in [-0.15, -0.1) is 0 Å². The topological polar surface area (TPSA) is 126 Å². The number of carbonyl (C=O) groups is 2. The Morgan fingerprint density at radius 2 is 1.86 bits per heavy atom. The number of benzene rings is 2. The summed E-state index contributed by atoms with van der Waals surface area (Å²) in [6.07, 6.45) is 1.52. The Hall–Kier alpha value is -3.20. The number of alkyl carbamates (subject to hydrolysis) is 1. The van der Waals surface area contributed by atoms with Crippen molar-refractivity contribution in [3.63, 3.8) is 0 Å². The summed E-state index contributed by atoms with van der Waals surface area (Å²) in [7, 11) is -2.28. The second kappa shape index (κ2) is 15.4. The highest BCUT2D eigenvalue weighted by atomic mass is 32.2. The Kier molecular flexibility index (Phi) is 11.6. The lowest BCUT2D eigenvalue weighted by atomic mass is 9.73. The number of nitrogens with one attached hydrogen (secondary N) is 3.